The number of carbonyl (C=O) groups excluding carboxylic acids is 1. The first-order valence-corrected chi connectivity index (χ1v) is 7.82. The van der Waals surface area contributed by atoms with Crippen LogP contribution >= 0.6 is 15.9 Å². The van der Waals surface area contributed by atoms with Gasteiger partial charge in [-0.05, 0) is 30.3 Å². The van der Waals surface area contributed by atoms with Crippen LogP contribution in [-0.4, -0.2) is 26.7 Å². The largest absolute Gasteiger partial charge is 0.497 e. The Kier molecular flexibility index (Phi) is 6.29. The maximum absolute atomic E-state index is 12.0. The van der Waals surface area contributed by atoms with E-state index in [1.54, 1.807) is 32.4 Å². The zero-order valence-corrected chi connectivity index (χ0v) is 14.6. The van der Waals surface area contributed by atoms with Crippen molar-refractivity contribution in [1.29, 1.82) is 0 Å². The summed E-state index contributed by atoms with van der Waals surface area (Å²) in [6.45, 7) is 0.292. The lowest BCUT2D eigenvalue weighted by molar-refractivity contribution is -0.116. The van der Waals surface area contributed by atoms with Crippen molar-refractivity contribution in [3.8, 4) is 17.2 Å². The summed E-state index contributed by atoms with van der Waals surface area (Å²) in [5.74, 6) is 1.78. The molecule has 0 spiro atoms. The summed E-state index contributed by atoms with van der Waals surface area (Å²) in [7, 11) is 3.12. The van der Waals surface area contributed by atoms with E-state index >= 15 is 0 Å². The number of ether oxygens (including phenoxy) is 3. The van der Waals surface area contributed by atoms with E-state index in [1.807, 2.05) is 24.3 Å². The van der Waals surface area contributed by atoms with Gasteiger partial charge in [0.15, 0.2) is 0 Å². The third kappa shape index (κ3) is 5.17. The van der Waals surface area contributed by atoms with Gasteiger partial charge in [-0.2, -0.15) is 0 Å². The number of carbonyl (C=O) groups is 1. The molecule has 6 heteroatoms. The SMILES string of the molecule is COc1ccc(NC(=O)CCOc2cccc(Br)c2)c(OC)c1. The van der Waals surface area contributed by atoms with Crippen LogP contribution in [0.15, 0.2) is 46.9 Å². The molecule has 0 saturated heterocycles. The van der Waals surface area contributed by atoms with E-state index in [-0.39, 0.29) is 12.3 Å². The van der Waals surface area contributed by atoms with Crippen LogP contribution in [-0.2, 0) is 4.79 Å². The molecule has 122 valence electrons. The van der Waals surface area contributed by atoms with Crippen molar-refractivity contribution in [1.82, 2.24) is 0 Å². The van der Waals surface area contributed by atoms with Crippen molar-refractivity contribution in [2.75, 3.05) is 26.1 Å². The zero-order chi connectivity index (χ0) is 16.7. The highest BCUT2D eigenvalue weighted by Gasteiger charge is 2.09. The number of nitrogens with one attached hydrogen (secondary N) is 1. The number of benzene rings is 2. The summed E-state index contributed by atoms with van der Waals surface area (Å²) in [6.07, 6.45) is 0.238. The van der Waals surface area contributed by atoms with Gasteiger partial charge >= 0.3 is 0 Å². The van der Waals surface area contributed by atoms with Gasteiger partial charge in [-0.3, -0.25) is 4.79 Å². The Bertz CT molecular complexity index is 675. The molecule has 0 aliphatic heterocycles. The Labute approximate surface area is 143 Å². The smallest absolute Gasteiger partial charge is 0.227 e. The highest BCUT2D eigenvalue weighted by Crippen LogP contribution is 2.29. The fourth-order valence-electron chi connectivity index (χ4n) is 1.93. The van der Waals surface area contributed by atoms with Gasteiger partial charge in [0.25, 0.3) is 0 Å². The molecule has 1 N–H and O–H groups in total. The number of methoxy groups -OCH3 is 2. The second-order valence-electron chi connectivity index (χ2n) is 4.67. The average molecular weight is 380 g/mol. The molecule has 0 unspecified atom stereocenters. The van der Waals surface area contributed by atoms with Crippen molar-refractivity contribution in [2.24, 2.45) is 0 Å². The first-order valence-electron chi connectivity index (χ1n) is 7.02. The Hall–Kier alpha value is -2.21. The minimum atomic E-state index is -0.150. The Morgan fingerprint density at radius 1 is 1.09 bits per heavy atom. The minimum Gasteiger partial charge on any atom is -0.497 e. The summed E-state index contributed by atoms with van der Waals surface area (Å²) in [4.78, 5) is 12.0. The van der Waals surface area contributed by atoms with Crippen LogP contribution in [0.5, 0.6) is 17.2 Å². The van der Waals surface area contributed by atoms with E-state index in [4.69, 9.17) is 14.2 Å². The molecule has 1 amide bonds. The minimum absolute atomic E-state index is 0.150. The summed E-state index contributed by atoms with van der Waals surface area (Å²) in [5, 5.41) is 2.80. The van der Waals surface area contributed by atoms with Gasteiger partial charge in [0.05, 0.1) is 32.9 Å². The molecule has 0 aromatic heterocycles. The second-order valence-corrected chi connectivity index (χ2v) is 5.59. The van der Waals surface area contributed by atoms with Crippen LogP contribution < -0.4 is 19.5 Å². The molecule has 0 saturated carbocycles. The molecule has 0 atom stereocenters. The van der Waals surface area contributed by atoms with Crippen LogP contribution in [0.4, 0.5) is 5.69 Å². The van der Waals surface area contributed by atoms with Crippen LogP contribution in [0.25, 0.3) is 0 Å². The number of halogens is 1. The summed E-state index contributed by atoms with van der Waals surface area (Å²) in [5.41, 5.74) is 0.598. The lowest BCUT2D eigenvalue weighted by Gasteiger charge is -2.12. The predicted octanol–water partition coefficient (Wildman–Crippen LogP) is 3.87. The predicted molar refractivity (Wildman–Crippen MR) is 92.4 cm³/mol. The molecule has 0 radical (unpaired) electrons. The lowest BCUT2D eigenvalue weighted by Crippen LogP contribution is -2.15. The zero-order valence-electron chi connectivity index (χ0n) is 13.0. The molecule has 2 rings (SSSR count). The van der Waals surface area contributed by atoms with Crippen molar-refractivity contribution in [3.63, 3.8) is 0 Å². The van der Waals surface area contributed by atoms with E-state index in [0.29, 0.717) is 29.5 Å². The van der Waals surface area contributed by atoms with Crippen LogP contribution in [0.1, 0.15) is 6.42 Å². The van der Waals surface area contributed by atoms with E-state index < -0.39 is 0 Å². The van der Waals surface area contributed by atoms with Gasteiger partial charge in [-0.15, -0.1) is 0 Å². The lowest BCUT2D eigenvalue weighted by atomic mass is 10.2. The number of amides is 1. The molecule has 23 heavy (non-hydrogen) atoms. The number of anilines is 1. The first kappa shape index (κ1) is 17.1. The highest BCUT2D eigenvalue weighted by atomic mass is 79.9. The monoisotopic (exact) mass is 379 g/mol. The topological polar surface area (TPSA) is 56.8 Å². The molecular weight excluding hydrogens is 362 g/mol. The van der Waals surface area contributed by atoms with Crippen molar-refractivity contribution < 1.29 is 19.0 Å². The Morgan fingerprint density at radius 2 is 1.91 bits per heavy atom. The van der Waals surface area contributed by atoms with Crippen LogP contribution in [0.3, 0.4) is 0 Å². The summed E-state index contributed by atoms with van der Waals surface area (Å²) in [6, 6.07) is 12.7. The Balaban J connectivity index is 1.87. The third-order valence-corrected chi connectivity index (χ3v) is 3.57. The number of hydrogen-bond acceptors (Lipinski definition) is 4. The van der Waals surface area contributed by atoms with E-state index in [1.165, 1.54) is 0 Å². The van der Waals surface area contributed by atoms with Gasteiger partial charge < -0.3 is 19.5 Å². The quantitative estimate of drug-likeness (QED) is 0.792. The third-order valence-electron chi connectivity index (χ3n) is 3.08. The first-order chi connectivity index (χ1) is 11.1. The highest BCUT2D eigenvalue weighted by molar-refractivity contribution is 9.10. The van der Waals surface area contributed by atoms with Crippen LogP contribution in [0.2, 0.25) is 0 Å². The van der Waals surface area contributed by atoms with Gasteiger partial charge in [0.2, 0.25) is 5.91 Å². The van der Waals surface area contributed by atoms with E-state index in [0.717, 1.165) is 4.47 Å². The van der Waals surface area contributed by atoms with Crippen molar-refractivity contribution >= 4 is 27.5 Å². The molecule has 5 nitrogen and oxygen atoms in total. The standard InChI is InChI=1S/C17H18BrNO4/c1-21-13-6-7-15(16(11-13)22-2)19-17(20)8-9-23-14-5-3-4-12(18)10-14/h3-7,10-11H,8-9H2,1-2H3,(H,19,20). The van der Waals surface area contributed by atoms with Crippen LogP contribution in [0, 0.1) is 0 Å². The Morgan fingerprint density at radius 3 is 2.61 bits per heavy atom. The van der Waals surface area contributed by atoms with Crippen molar-refractivity contribution in [3.05, 3.63) is 46.9 Å². The van der Waals surface area contributed by atoms with E-state index in [9.17, 15) is 4.79 Å². The van der Waals surface area contributed by atoms with E-state index in [2.05, 4.69) is 21.2 Å². The summed E-state index contributed by atoms with van der Waals surface area (Å²) >= 11 is 3.37. The maximum Gasteiger partial charge on any atom is 0.227 e. The fraction of sp³-hybridized carbons (Fsp3) is 0.235. The molecule has 0 fully saturated rings. The van der Waals surface area contributed by atoms with Gasteiger partial charge in [0, 0.05) is 10.5 Å². The maximum atomic E-state index is 12.0. The molecule has 0 bridgehead atoms. The van der Waals surface area contributed by atoms with Gasteiger partial charge in [-0.25, -0.2) is 0 Å². The molecule has 2 aromatic rings. The molecule has 0 aliphatic carbocycles. The molecule has 0 aliphatic rings. The molecule has 0 heterocycles. The fourth-order valence-corrected chi connectivity index (χ4v) is 2.31. The molecular formula is C17H18BrNO4. The normalized spacial score (nSPS) is 10.0. The number of rotatable bonds is 7. The average Bonchev–Trinajstić information content (AvgIpc) is 2.55. The molecule has 2 aromatic carbocycles. The van der Waals surface area contributed by atoms with Gasteiger partial charge in [0.1, 0.15) is 17.2 Å². The van der Waals surface area contributed by atoms with Gasteiger partial charge in [-0.1, -0.05) is 22.0 Å². The second kappa shape index (κ2) is 8.43. The van der Waals surface area contributed by atoms with Crippen molar-refractivity contribution in [2.45, 2.75) is 6.42 Å². The summed E-state index contributed by atoms with van der Waals surface area (Å²) < 4.78 is 16.8. The number of hydrogen-bond donors (Lipinski definition) is 1.